The van der Waals surface area contributed by atoms with Gasteiger partial charge in [0, 0.05) is 62.9 Å². The number of H-pyrrole nitrogens is 2. The second kappa shape index (κ2) is 14.8. The van der Waals surface area contributed by atoms with Gasteiger partial charge in [0.25, 0.3) is 11.1 Å². The highest BCUT2D eigenvalue weighted by atomic mass is 16.6. The topological polar surface area (TPSA) is 252 Å². The van der Waals surface area contributed by atoms with Crippen LogP contribution >= 0.6 is 0 Å². The Morgan fingerprint density at radius 1 is 1.19 bits per heavy atom. The zero-order chi connectivity index (χ0) is 33.8. The summed E-state index contributed by atoms with van der Waals surface area (Å²) in [5, 5.41) is 4.58. The highest BCUT2D eigenvalue weighted by molar-refractivity contribution is 5.70. The maximum absolute atomic E-state index is 12.6. The minimum Gasteiger partial charge on any atom is -0.400 e. The molecule has 2 fully saturated rings. The van der Waals surface area contributed by atoms with Crippen LogP contribution in [0, 0.1) is 12.8 Å². The number of imidazole rings is 1. The first-order valence-electron chi connectivity index (χ1n) is 15.3. The molecule has 19 nitrogen and oxygen atoms in total. The summed E-state index contributed by atoms with van der Waals surface area (Å²) in [6.45, 7) is 6.40. The molecule has 0 aromatic carbocycles. The lowest BCUT2D eigenvalue weighted by atomic mass is 10.00. The number of aromatic nitrogens is 6. The number of morpholine rings is 1. The van der Waals surface area contributed by atoms with Crippen molar-refractivity contribution in [3.05, 3.63) is 61.2 Å². The van der Waals surface area contributed by atoms with E-state index in [1.165, 1.54) is 22.1 Å². The van der Waals surface area contributed by atoms with Crippen molar-refractivity contribution in [1.82, 2.24) is 44.3 Å². The number of fused-ring (bicyclic) bond motifs is 1. The first kappa shape index (κ1) is 34.2. The summed E-state index contributed by atoms with van der Waals surface area (Å²) in [5.74, 6) is 6.26. The SMILES string of the molecule is CNCC1CN(C/C(N)=C/N(N)CC2OC(n3cnc4c(=O)[nH]c(N)nc43)C(OCCOC)C2C)CC(n2cc(C)c(=O)[nH]c2=O)O1. The van der Waals surface area contributed by atoms with E-state index in [-0.39, 0.29) is 35.7 Å². The van der Waals surface area contributed by atoms with Gasteiger partial charge in [-0.05, 0) is 14.0 Å². The molecular formula is C28H44N12O7. The number of aryl methyl sites for hydroxylation is 1. The van der Waals surface area contributed by atoms with Crippen molar-refractivity contribution in [2.24, 2.45) is 17.5 Å². The second-order valence-corrected chi connectivity index (χ2v) is 11.9. The smallest absolute Gasteiger partial charge is 0.330 e. The molecule has 6 atom stereocenters. The van der Waals surface area contributed by atoms with Gasteiger partial charge >= 0.3 is 5.69 Å². The quantitative estimate of drug-likeness (QED) is 0.0631. The molecule has 0 bridgehead atoms. The van der Waals surface area contributed by atoms with Crippen LogP contribution in [0.4, 0.5) is 5.95 Å². The number of likely N-dealkylation sites (N-methyl/N-ethyl adjacent to an activating group) is 1. The van der Waals surface area contributed by atoms with Gasteiger partial charge in [-0.3, -0.25) is 33.6 Å². The summed E-state index contributed by atoms with van der Waals surface area (Å²) in [7, 11) is 3.41. The molecule has 0 radical (unpaired) electrons. The molecule has 2 aliphatic rings. The molecule has 6 unspecified atom stereocenters. The van der Waals surface area contributed by atoms with Gasteiger partial charge in [0.05, 0.1) is 38.3 Å². The second-order valence-electron chi connectivity index (χ2n) is 11.9. The number of nitrogen functional groups attached to an aromatic ring is 1. The fourth-order valence-electron chi connectivity index (χ4n) is 6.00. The van der Waals surface area contributed by atoms with E-state index in [1.54, 1.807) is 24.8 Å². The Balaban J connectivity index is 1.29. The van der Waals surface area contributed by atoms with Crippen LogP contribution in [0.25, 0.3) is 11.2 Å². The highest BCUT2D eigenvalue weighted by Gasteiger charge is 2.45. The molecular weight excluding hydrogens is 616 g/mol. The lowest BCUT2D eigenvalue weighted by Gasteiger charge is -2.38. The van der Waals surface area contributed by atoms with Gasteiger partial charge in [0.2, 0.25) is 5.95 Å². The van der Waals surface area contributed by atoms with Crippen LogP contribution in [0.5, 0.6) is 0 Å². The van der Waals surface area contributed by atoms with Crippen molar-refractivity contribution < 1.29 is 18.9 Å². The Kier molecular flexibility index (Phi) is 10.7. The maximum Gasteiger partial charge on any atom is 0.330 e. The molecule has 5 rings (SSSR count). The molecule has 0 amide bonds. The molecule has 9 N–H and O–H groups in total. The number of rotatable bonds is 13. The third-order valence-electron chi connectivity index (χ3n) is 8.26. The van der Waals surface area contributed by atoms with Crippen LogP contribution in [0.15, 0.2) is 38.8 Å². The number of hydrogen-bond acceptors (Lipinski definition) is 15. The Bertz CT molecular complexity index is 1730. The van der Waals surface area contributed by atoms with Gasteiger partial charge in [0.15, 0.2) is 23.6 Å². The number of hydrazine groups is 1. The number of aromatic amines is 2. The van der Waals surface area contributed by atoms with Gasteiger partial charge < -0.3 is 40.7 Å². The number of ether oxygens (including phenoxy) is 4. The molecule has 0 aliphatic carbocycles. The van der Waals surface area contributed by atoms with Gasteiger partial charge in [-0.25, -0.2) is 15.6 Å². The molecule has 3 aromatic rings. The van der Waals surface area contributed by atoms with E-state index in [9.17, 15) is 14.4 Å². The van der Waals surface area contributed by atoms with E-state index < -0.39 is 41.5 Å². The highest BCUT2D eigenvalue weighted by Crippen LogP contribution is 2.37. The van der Waals surface area contributed by atoms with E-state index in [0.717, 1.165) is 0 Å². The number of nitrogens with two attached hydrogens (primary N) is 3. The monoisotopic (exact) mass is 660 g/mol. The van der Waals surface area contributed by atoms with E-state index in [4.69, 9.17) is 36.3 Å². The molecule has 2 saturated heterocycles. The molecule has 3 aromatic heterocycles. The lowest BCUT2D eigenvalue weighted by Crippen LogP contribution is -2.51. The van der Waals surface area contributed by atoms with Crippen molar-refractivity contribution in [3.8, 4) is 0 Å². The molecule has 258 valence electrons. The summed E-state index contributed by atoms with van der Waals surface area (Å²) < 4.78 is 27.0. The first-order valence-corrected chi connectivity index (χ1v) is 15.3. The Morgan fingerprint density at radius 2 is 1.98 bits per heavy atom. The number of anilines is 1. The summed E-state index contributed by atoms with van der Waals surface area (Å²) in [6.07, 6.45) is 2.24. The minimum atomic E-state index is -0.672. The van der Waals surface area contributed by atoms with E-state index in [2.05, 4.69) is 30.2 Å². The van der Waals surface area contributed by atoms with Crippen LogP contribution in [-0.2, 0) is 18.9 Å². The average Bonchev–Trinajstić information content (AvgIpc) is 3.55. The number of nitrogens with one attached hydrogen (secondary N) is 3. The summed E-state index contributed by atoms with van der Waals surface area (Å²) in [5.41, 5.74) is 12.2. The standard InChI is InChI=1S/C28H44N12O7/c1-15-8-39(28(43)36-24(15)41)20-13-37(11-18(46-20)7-32-3)9-17(29)10-38(31)12-19-16(2)22(45-6-5-44-4)26(47-19)40-14-33-21-23(40)34-27(30)35-25(21)42/h8,10,14,16,18-20,22,26,32H,5-7,9,11-13,29,31H2,1-4H3,(H,36,41,43)(H3,30,34,35,42)/b17-10-. The summed E-state index contributed by atoms with van der Waals surface area (Å²) in [4.78, 5) is 52.3. The number of methoxy groups -OCH3 is 1. The molecule has 47 heavy (non-hydrogen) atoms. The molecule has 0 spiro atoms. The zero-order valence-corrected chi connectivity index (χ0v) is 26.9. The van der Waals surface area contributed by atoms with Crippen molar-refractivity contribution in [2.75, 3.05) is 65.8 Å². The van der Waals surface area contributed by atoms with Crippen LogP contribution in [0.3, 0.4) is 0 Å². The number of nitrogens with zero attached hydrogens (tertiary/aromatic N) is 6. The van der Waals surface area contributed by atoms with Crippen LogP contribution in [0.1, 0.15) is 24.9 Å². The lowest BCUT2D eigenvalue weighted by molar-refractivity contribution is -0.118. The van der Waals surface area contributed by atoms with E-state index >= 15 is 0 Å². The third-order valence-corrected chi connectivity index (χ3v) is 8.26. The van der Waals surface area contributed by atoms with Crippen molar-refractivity contribution in [1.29, 1.82) is 0 Å². The summed E-state index contributed by atoms with van der Waals surface area (Å²) in [6, 6.07) is 0. The maximum atomic E-state index is 12.6. The summed E-state index contributed by atoms with van der Waals surface area (Å²) >= 11 is 0. The van der Waals surface area contributed by atoms with E-state index in [0.29, 0.717) is 50.7 Å². The molecule has 0 saturated carbocycles. The van der Waals surface area contributed by atoms with Crippen molar-refractivity contribution in [2.45, 2.75) is 44.6 Å². The first-order chi connectivity index (χ1) is 22.5. The normalized spacial score (nSPS) is 25.5. The van der Waals surface area contributed by atoms with Gasteiger partial charge in [-0.1, -0.05) is 6.92 Å². The zero-order valence-electron chi connectivity index (χ0n) is 26.9. The largest absolute Gasteiger partial charge is 0.400 e. The van der Waals surface area contributed by atoms with Gasteiger partial charge in [-0.2, -0.15) is 4.98 Å². The Labute approximate surface area is 269 Å². The minimum absolute atomic E-state index is 0.0396. The Hall–Kier alpha value is -4.11. The predicted octanol–water partition coefficient (Wildman–Crippen LogP) is -2.48. The fraction of sp³-hybridized carbons (Fsp3) is 0.607. The van der Waals surface area contributed by atoms with Crippen LogP contribution in [-0.4, -0.2) is 117 Å². The van der Waals surface area contributed by atoms with Crippen molar-refractivity contribution >= 4 is 17.1 Å². The number of hydrogen-bond donors (Lipinski definition) is 6. The van der Waals surface area contributed by atoms with Gasteiger partial charge in [0.1, 0.15) is 6.10 Å². The van der Waals surface area contributed by atoms with Crippen LogP contribution in [0.2, 0.25) is 0 Å². The molecule has 5 heterocycles. The average molecular weight is 661 g/mol. The predicted molar refractivity (Wildman–Crippen MR) is 171 cm³/mol. The van der Waals surface area contributed by atoms with Crippen LogP contribution < -0.4 is 39.4 Å². The third kappa shape index (κ3) is 7.73. The van der Waals surface area contributed by atoms with Gasteiger partial charge in [-0.15, -0.1) is 0 Å². The van der Waals surface area contributed by atoms with Crippen molar-refractivity contribution in [3.63, 3.8) is 0 Å². The Morgan fingerprint density at radius 3 is 2.72 bits per heavy atom. The fourth-order valence-corrected chi connectivity index (χ4v) is 6.00. The molecule has 19 heteroatoms. The van der Waals surface area contributed by atoms with E-state index in [1.807, 2.05) is 14.0 Å². The molecule has 2 aliphatic heterocycles.